The third-order valence-corrected chi connectivity index (χ3v) is 5.93. The van der Waals surface area contributed by atoms with Crippen molar-refractivity contribution in [1.82, 2.24) is 15.1 Å². The zero-order valence-corrected chi connectivity index (χ0v) is 21.6. The number of benzene rings is 2. The molecule has 204 valence electrons. The summed E-state index contributed by atoms with van der Waals surface area (Å²) in [7, 11) is 0. The van der Waals surface area contributed by atoms with Gasteiger partial charge in [-0.25, -0.2) is 13.5 Å². The molecule has 1 heterocycles. The van der Waals surface area contributed by atoms with E-state index in [9.17, 15) is 31.5 Å². The number of aromatic nitrogens is 2. The molecule has 11 heteroatoms. The van der Waals surface area contributed by atoms with Crippen molar-refractivity contribution in [2.24, 2.45) is 0 Å². The van der Waals surface area contributed by atoms with Crippen LogP contribution in [-0.2, 0) is 21.9 Å². The molecule has 1 aromatic heterocycles. The summed E-state index contributed by atoms with van der Waals surface area (Å²) in [6.07, 6.45) is -4.74. The number of nitrogens with one attached hydrogen (secondary N) is 2. The van der Waals surface area contributed by atoms with Crippen molar-refractivity contribution >= 4 is 17.6 Å². The summed E-state index contributed by atoms with van der Waals surface area (Å²) in [5.41, 5.74) is -1.77. The first-order valence-electron chi connectivity index (χ1n) is 11.8. The molecule has 0 bridgehead atoms. The quantitative estimate of drug-likeness (QED) is 0.363. The second-order valence-electron chi connectivity index (χ2n) is 10.4. The zero-order chi connectivity index (χ0) is 28.5. The van der Waals surface area contributed by atoms with Crippen molar-refractivity contribution in [3.05, 3.63) is 82.5 Å². The maximum atomic E-state index is 13.9. The molecule has 0 aliphatic carbocycles. The lowest BCUT2D eigenvalue weighted by Crippen LogP contribution is -2.30. The van der Waals surface area contributed by atoms with E-state index >= 15 is 0 Å². The van der Waals surface area contributed by atoms with Crippen LogP contribution < -0.4 is 10.6 Å². The number of carbonyl (C=O) groups is 2. The first kappa shape index (κ1) is 28.8. The predicted octanol–water partition coefficient (Wildman–Crippen LogP) is 6.02. The first-order chi connectivity index (χ1) is 17.5. The van der Waals surface area contributed by atoms with Crippen molar-refractivity contribution in [2.75, 3.05) is 11.9 Å². The van der Waals surface area contributed by atoms with Gasteiger partial charge >= 0.3 is 6.18 Å². The highest BCUT2D eigenvalue weighted by Crippen LogP contribution is 2.35. The number of anilines is 1. The van der Waals surface area contributed by atoms with Crippen LogP contribution in [0.2, 0.25) is 0 Å². The summed E-state index contributed by atoms with van der Waals surface area (Å²) < 4.78 is 68.0. The van der Waals surface area contributed by atoms with Gasteiger partial charge in [-0.1, -0.05) is 19.9 Å². The number of alkyl halides is 3. The van der Waals surface area contributed by atoms with Crippen LogP contribution >= 0.6 is 0 Å². The van der Waals surface area contributed by atoms with Crippen molar-refractivity contribution in [1.29, 1.82) is 0 Å². The SMILES string of the molecule is CC(C)(c1cc(F)cc(F)c1)c1cc(NC(=O)CCNC(=O)c2cccc(C(F)(F)F)c2)n(C(C)(C)C)n1. The molecule has 0 saturated carbocycles. The molecule has 2 N–H and O–H groups in total. The van der Waals surface area contributed by atoms with Crippen LogP contribution in [0.3, 0.4) is 0 Å². The van der Waals surface area contributed by atoms with Crippen LogP contribution in [-0.4, -0.2) is 28.1 Å². The molecular formula is C27H29F5N4O2. The number of carbonyl (C=O) groups excluding carboxylic acids is 2. The molecule has 38 heavy (non-hydrogen) atoms. The Labute approximate surface area is 217 Å². The van der Waals surface area contributed by atoms with Gasteiger partial charge < -0.3 is 10.6 Å². The van der Waals surface area contributed by atoms with Gasteiger partial charge in [0.2, 0.25) is 5.91 Å². The summed E-state index contributed by atoms with van der Waals surface area (Å²) in [4.78, 5) is 24.9. The van der Waals surface area contributed by atoms with Gasteiger partial charge in [-0.15, -0.1) is 0 Å². The van der Waals surface area contributed by atoms with Crippen molar-refractivity contribution in [2.45, 2.75) is 58.2 Å². The second kappa shape index (κ2) is 10.5. The van der Waals surface area contributed by atoms with Crippen molar-refractivity contribution in [3.8, 4) is 0 Å². The molecule has 3 aromatic rings. The fraction of sp³-hybridized carbons (Fsp3) is 0.370. The lowest BCUT2D eigenvalue weighted by atomic mass is 9.81. The number of hydrogen-bond donors (Lipinski definition) is 2. The van der Waals surface area contributed by atoms with E-state index in [0.29, 0.717) is 17.1 Å². The average molecular weight is 537 g/mol. The highest BCUT2D eigenvalue weighted by molar-refractivity contribution is 5.95. The molecular weight excluding hydrogens is 507 g/mol. The number of nitrogens with zero attached hydrogens (tertiary/aromatic N) is 2. The molecule has 2 amide bonds. The van der Waals surface area contributed by atoms with E-state index in [-0.39, 0.29) is 18.5 Å². The van der Waals surface area contributed by atoms with Gasteiger partial charge in [0, 0.05) is 36.1 Å². The molecule has 3 rings (SSSR count). The number of amides is 2. The maximum absolute atomic E-state index is 13.9. The predicted molar refractivity (Wildman–Crippen MR) is 133 cm³/mol. The monoisotopic (exact) mass is 536 g/mol. The Morgan fingerprint density at radius 2 is 1.53 bits per heavy atom. The average Bonchev–Trinajstić information content (AvgIpc) is 3.23. The Balaban J connectivity index is 1.72. The maximum Gasteiger partial charge on any atom is 0.416 e. The number of halogens is 5. The third-order valence-electron chi connectivity index (χ3n) is 5.93. The molecule has 0 radical (unpaired) electrons. The molecule has 2 aromatic carbocycles. The normalized spacial score (nSPS) is 12.4. The summed E-state index contributed by atoms with van der Waals surface area (Å²) in [6.45, 7) is 8.99. The Morgan fingerprint density at radius 1 is 0.895 bits per heavy atom. The van der Waals surface area contributed by atoms with Gasteiger partial charge in [-0.05, 0) is 56.7 Å². The molecule has 0 spiro atoms. The first-order valence-corrected chi connectivity index (χ1v) is 11.8. The van der Waals surface area contributed by atoms with Crippen LogP contribution in [0.15, 0.2) is 48.5 Å². The lowest BCUT2D eigenvalue weighted by Gasteiger charge is -2.25. The summed E-state index contributed by atoms with van der Waals surface area (Å²) >= 11 is 0. The summed E-state index contributed by atoms with van der Waals surface area (Å²) in [6, 6.07) is 8.84. The van der Waals surface area contributed by atoms with Gasteiger partial charge in [0.1, 0.15) is 17.5 Å². The largest absolute Gasteiger partial charge is 0.416 e. The molecule has 0 aliphatic heterocycles. The standard InChI is InChI=1S/C27H29F5N4O2/c1-25(2,3)36-22(15-21(35-36)26(4,5)18-12-19(28)14-20(29)13-18)34-23(37)9-10-33-24(38)16-7-6-8-17(11-16)27(30,31)32/h6-8,11-15H,9-10H2,1-5H3,(H,33,38)(H,34,37). The van der Waals surface area contributed by atoms with Gasteiger partial charge in [0.05, 0.1) is 16.8 Å². The number of rotatable bonds is 7. The third kappa shape index (κ3) is 6.76. The fourth-order valence-corrected chi connectivity index (χ4v) is 3.78. The van der Waals surface area contributed by atoms with E-state index in [0.717, 1.165) is 24.3 Å². The molecule has 0 fully saturated rings. The zero-order valence-electron chi connectivity index (χ0n) is 21.6. The Hall–Kier alpha value is -3.76. The van der Waals surface area contributed by atoms with Gasteiger partial charge in [0.15, 0.2) is 0 Å². The van der Waals surface area contributed by atoms with E-state index in [1.807, 2.05) is 20.8 Å². The van der Waals surface area contributed by atoms with Crippen molar-refractivity contribution < 1.29 is 31.5 Å². The summed E-state index contributed by atoms with van der Waals surface area (Å²) in [5.74, 6) is -2.31. The van der Waals surface area contributed by atoms with E-state index in [2.05, 4.69) is 15.7 Å². The topological polar surface area (TPSA) is 76.0 Å². The Morgan fingerprint density at radius 3 is 2.11 bits per heavy atom. The van der Waals surface area contributed by atoms with Crippen LogP contribution in [0.5, 0.6) is 0 Å². The molecule has 0 unspecified atom stereocenters. The van der Waals surface area contributed by atoms with Gasteiger partial charge in [-0.3, -0.25) is 9.59 Å². The Bertz CT molecular complexity index is 1320. The van der Waals surface area contributed by atoms with E-state index in [1.165, 1.54) is 18.2 Å². The van der Waals surface area contributed by atoms with E-state index in [4.69, 9.17) is 0 Å². The smallest absolute Gasteiger partial charge is 0.352 e. The van der Waals surface area contributed by atoms with Crippen LogP contribution in [0.25, 0.3) is 0 Å². The minimum Gasteiger partial charge on any atom is -0.352 e. The molecule has 6 nitrogen and oxygen atoms in total. The van der Waals surface area contributed by atoms with Crippen LogP contribution in [0, 0.1) is 11.6 Å². The van der Waals surface area contributed by atoms with Crippen LogP contribution in [0.1, 0.15) is 68.2 Å². The van der Waals surface area contributed by atoms with E-state index < -0.39 is 46.1 Å². The Kier molecular flexibility index (Phi) is 7.99. The summed E-state index contributed by atoms with van der Waals surface area (Å²) in [5, 5.41) is 9.79. The second-order valence-corrected chi connectivity index (χ2v) is 10.4. The lowest BCUT2D eigenvalue weighted by molar-refractivity contribution is -0.137. The number of hydrogen-bond acceptors (Lipinski definition) is 3. The minimum atomic E-state index is -4.58. The molecule has 0 saturated heterocycles. The van der Waals surface area contributed by atoms with Gasteiger partial charge in [0.25, 0.3) is 5.91 Å². The highest BCUT2D eigenvalue weighted by Gasteiger charge is 2.32. The fourth-order valence-electron chi connectivity index (χ4n) is 3.78. The molecule has 0 atom stereocenters. The highest BCUT2D eigenvalue weighted by atomic mass is 19.4. The van der Waals surface area contributed by atoms with Crippen LogP contribution in [0.4, 0.5) is 27.8 Å². The van der Waals surface area contributed by atoms with Gasteiger partial charge in [-0.2, -0.15) is 18.3 Å². The minimum absolute atomic E-state index is 0.120. The molecule has 0 aliphatic rings. The van der Waals surface area contributed by atoms with Crippen molar-refractivity contribution in [3.63, 3.8) is 0 Å². The van der Waals surface area contributed by atoms with E-state index in [1.54, 1.807) is 24.6 Å².